The number of hydrogen-bond acceptors (Lipinski definition) is 2. The van der Waals surface area contributed by atoms with E-state index in [0.29, 0.717) is 0 Å². The van der Waals surface area contributed by atoms with Gasteiger partial charge in [-0.25, -0.2) is 0 Å². The maximum atomic E-state index is 4.08. The molecule has 0 radical (unpaired) electrons. The molecule has 0 saturated carbocycles. The Bertz CT molecular complexity index is 364. The molecule has 1 aromatic heterocycles. The molecule has 1 heterocycles. The zero-order valence-corrected chi connectivity index (χ0v) is 6.26. The Kier molecular flexibility index (Phi) is 1.28. The second-order valence-corrected chi connectivity index (χ2v) is 2.37. The molecule has 0 fully saturated rings. The van der Waals surface area contributed by atoms with Gasteiger partial charge >= 0.3 is 0 Å². The van der Waals surface area contributed by atoms with Gasteiger partial charge in [-0.2, -0.15) is 5.10 Å². The SMILES string of the molecule is CNc1n[nH]c2ccccc12. The van der Waals surface area contributed by atoms with Gasteiger partial charge < -0.3 is 5.32 Å². The molecule has 0 unspecified atom stereocenters. The molecule has 0 bridgehead atoms. The minimum atomic E-state index is 0.903. The minimum absolute atomic E-state index is 0.903. The fraction of sp³-hybridized carbons (Fsp3) is 0.125. The Morgan fingerprint density at radius 1 is 1.36 bits per heavy atom. The van der Waals surface area contributed by atoms with E-state index < -0.39 is 0 Å². The largest absolute Gasteiger partial charge is 0.371 e. The standard InChI is InChI=1S/C8H9N3/c1-9-8-6-4-2-3-5-7(6)10-11-8/h2-5H,1H3,(H2,9,10,11). The highest BCUT2D eigenvalue weighted by atomic mass is 15.2. The third-order valence-electron chi connectivity index (χ3n) is 1.71. The first kappa shape index (κ1) is 6.22. The second kappa shape index (κ2) is 2.27. The van der Waals surface area contributed by atoms with Crippen LogP contribution >= 0.6 is 0 Å². The summed E-state index contributed by atoms with van der Waals surface area (Å²) in [7, 11) is 1.86. The molecule has 3 heteroatoms. The van der Waals surface area contributed by atoms with Crippen LogP contribution in [0.5, 0.6) is 0 Å². The maximum absolute atomic E-state index is 4.08. The van der Waals surface area contributed by atoms with Gasteiger partial charge in [0, 0.05) is 12.4 Å². The summed E-state index contributed by atoms with van der Waals surface area (Å²) in [5.41, 5.74) is 1.07. The van der Waals surface area contributed by atoms with Gasteiger partial charge in [0.25, 0.3) is 0 Å². The predicted molar refractivity (Wildman–Crippen MR) is 45.6 cm³/mol. The van der Waals surface area contributed by atoms with Gasteiger partial charge in [-0.15, -0.1) is 0 Å². The molecule has 11 heavy (non-hydrogen) atoms. The Morgan fingerprint density at radius 3 is 3.00 bits per heavy atom. The van der Waals surface area contributed by atoms with Gasteiger partial charge in [-0.1, -0.05) is 12.1 Å². The topological polar surface area (TPSA) is 40.7 Å². The molecular formula is C8H9N3. The number of para-hydroxylation sites is 1. The number of nitrogens with one attached hydrogen (secondary N) is 2. The predicted octanol–water partition coefficient (Wildman–Crippen LogP) is 1.60. The molecule has 2 aromatic rings. The number of nitrogens with zero attached hydrogens (tertiary/aromatic N) is 1. The molecular weight excluding hydrogens is 138 g/mol. The van der Waals surface area contributed by atoms with E-state index >= 15 is 0 Å². The van der Waals surface area contributed by atoms with E-state index in [2.05, 4.69) is 15.5 Å². The van der Waals surface area contributed by atoms with Gasteiger partial charge in [0.15, 0.2) is 5.82 Å². The molecule has 0 aliphatic heterocycles. The van der Waals surface area contributed by atoms with Crippen molar-refractivity contribution in [2.75, 3.05) is 12.4 Å². The lowest BCUT2D eigenvalue weighted by molar-refractivity contribution is 1.11. The molecule has 0 amide bonds. The Hall–Kier alpha value is -1.51. The van der Waals surface area contributed by atoms with Crippen molar-refractivity contribution in [2.24, 2.45) is 0 Å². The van der Waals surface area contributed by atoms with E-state index in [4.69, 9.17) is 0 Å². The van der Waals surface area contributed by atoms with Crippen LogP contribution in [0.15, 0.2) is 24.3 Å². The summed E-state index contributed by atoms with van der Waals surface area (Å²) in [5, 5.41) is 11.1. The van der Waals surface area contributed by atoms with Crippen LogP contribution in [0.3, 0.4) is 0 Å². The van der Waals surface area contributed by atoms with Crippen molar-refractivity contribution in [1.82, 2.24) is 10.2 Å². The van der Waals surface area contributed by atoms with Crippen molar-refractivity contribution in [3.8, 4) is 0 Å². The van der Waals surface area contributed by atoms with Gasteiger partial charge in [-0.3, -0.25) is 5.10 Å². The number of rotatable bonds is 1. The third-order valence-corrected chi connectivity index (χ3v) is 1.71. The normalized spacial score (nSPS) is 10.3. The van der Waals surface area contributed by atoms with E-state index in [-0.39, 0.29) is 0 Å². The zero-order chi connectivity index (χ0) is 7.68. The monoisotopic (exact) mass is 147 g/mol. The van der Waals surface area contributed by atoms with Crippen LogP contribution < -0.4 is 5.32 Å². The number of benzene rings is 1. The molecule has 0 atom stereocenters. The Balaban J connectivity index is 2.76. The van der Waals surface area contributed by atoms with E-state index in [0.717, 1.165) is 16.7 Å². The first-order valence-corrected chi connectivity index (χ1v) is 3.52. The molecule has 1 aromatic carbocycles. The second-order valence-electron chi connectivity index (χ2n) is 2.37. The molecule has 2 rings (SSSR count). The summed E-state index contributed by atoms with van der Waals surface area (Å²) in [5.74, 6) is 0.903. The van der Waals surface area contributed by atoms with Crippen LogP contribution in [0.1, 0.15) is 0 Å². The quantitative estimate of drug-likeness (QED) is 0.643. The minimum Gasteiger partial charge on any atom is -0.371 e. The van der Waals surface area contributed by atoms with Crippen molar-refractivity contribution in [2.45, 2.75) is 0 Å². The maximum Gasteiger partial charge on any atom is 0.155 e. The van der Waals surface area contributed by atoms with Gasteiger partial charge in [0.1, 0.15) is 0 Å². The van der Waals surface area contributed by atoms with E-state index in [1.807, 2.05) is 31.3 Å². The van der Waals surface area contributed by atoms with Gasteiger partial charge in [-0.05, 0) is 12.1 Å². The molecule has 2 N–H and O–H groups in total. The highest BCUT2D eigenvalue weighted by molar-refractivity contribution is 5.89. The van der Waals surface area contributed by atoms with Crippen LogP contribution in [0, 0.1) is 0 Å². The Labute approximate surface area is 64.4 Å². The summed E-state index contributed by atoms with van der Waals surface area (Å²) in [6.07, 6.45) is 0. The average molecular weight is 147 g/mol. The zero-order valence-electron chi connectivity index (χ0n) is 6.26. The fourth-order valence-electron chi connectivity index (χ4n) is 1.15. The summed E-state index contributed by atoms with van der Waals surface area (Å²) in [4.78, 5) is 0. The number of anilines is 1. The third kappa shape index (κ3) is 0.852. The van der Waals surface area contributed by atoms with Crippen LogP contribution in [0.4, 0.5) is 5.82 Å². The number of aromatic amines is 1. The molecule has 0 aliphatic carbocycles. The van der Waals surface area contributed by atoms with Crippen LogP contribution in [0.2, 0.25) is 0 Å². The van der Waals surface area contributed by atoms with Crippen molar-refractivity contribution in [1.29, 1.82) is 0 Å². The number of fused-ring (bicyclic) bond motifs is 1. The highest BCUT2D eigenvalue weighted by Gasteiger charge is 1.99. The summed E-state index contributed by atoms with van der Waals surface area (Å²) < 4.78 is 0. The molecule has 56 valence electrons. The summed E-state index contributed by atoms with van der Waals surface area (Å²) in [6, 6.07) is 8.02. The molecule has 0 aliphatic rings. The van der Waals surface area contributed by atoms with Crippen LogP contribution in [-0.2, 0) is 0 Å². The van der Waals surface area contributed by atoms with Crippen molar-refractivity contribution < 1.29 is 0 Å². The number of hydrogen-bond donors (Lipinski definition) is 2. The van der Waals surface area contributed by atoms with E-state index in [9.17, 15) is 0 Å². The highest BCUT2D eigenvalue weighted by Crippen LogP contribution is 2.18. The fourth-order valence-corrected chi connectivity index (χ4v) is 1.15. The summed E-state index contributed by atoms with van der Waals surface area (Å²) >= 11 is 0. The van der Waals surface area contributed by atoms with Gasteiger partial charge in [0.05, 0.1) is 5.52 Å². The Morgan fingerprint density at radius 2 is 2.18 bits per heavy atom. The van der Waals surface area contributed by atoms with Crippen molar-refractivity contribution in [3.05, 3.63) is 24.3 Å². The van der Waals surface area contributed by atoms with Crippen molar-refractivity contribution in [3.63, 3.8) is 0 Å². The van der Waals surface area contributed by atoms with Gasteiger partial charge in [0.2, 0.25) is 0 Å². The first-order valence-electron chi connectivity index (χ1n) is 3.52. The molecule has 3 nitrogen and oxygen atoms in total. The van der Waals surface area contributed by atoms with Crippen molar-refractivity contribution >= 4 is 16.7 Å². The lowest BCUT2D eigenvalue weighted by Crippen LogP contribution is -1.87. The van der Waals surface area contributed by atoms with Crippen LogP contribution in [0.25, 0.3) is 10.9 Å². The average Bonchev–Trinajstić information content (AvgIpc) is 2.47. The van der Waals surface area contributed by atoms with Crippen LogP contribution in [-0.4, -0.2) is 17.2 Å². The van der Waals surface area contributed by atoms with E-state index in [1.165, 1.54) is 0 Å². The number of H-pyrrole nitrogens is 1. The lowest BCUT2D eigenvalue weighted by atomic mass is 10.2. The summed E-state index contributed by atoms with van der Waals surface area (Å²) in [6.45, 7) is 0. The lowest BCUT2D eigenvalue weighted by Gasteiger charge is -1.91. The molecule has 0 saturated heterocycles. The number of aromatic nitrogens is 2. The van der Waals surface area contributed by atoms with E-state index in [1.54, 1.807) is 0 Å². The first-order chi connectivity index (χ1) is 5.42. The molecule has 0 spiro atoms. The smallest absolute Gasteiger partial charge is 0.155 e.